The van der Waals surface area contributed by atoms with Crippen molar-refractivity contribution in [1.82, 2.24) is 4.90 Å². The van der Waals surface area contributed by atoms with E-state index in [2.05, 4.69) is 41.6 Å². The number of halogens is 1. The van der Waals surface area contributed by atoms with Gasteiger partial charge in [-0.15, -0.1) is 0 Å². The molecule has 0 spiro atoms. The number of likely N-dealkylation sites (N-methyl/N-ethyl adjacent to an activating group) is 1. The van der Waals surface area contributed by atoms with Gasteiger partial charge >= 0.3 is 0 Å². The quantitative estimate of drug-likeness (QED) is 0.694. The van der Waals surface area contributed by atoms with E-state index < -0.39 is 5.60 Å². The van der Waals surface area contributed by atoms with Crippen LogP contribution in [0, 0.1) is 5.41 Å². The lowest BCUT2D eigenvalue weighted by molar-refractivity contribution is 0.0235. The number of hydrogen-bond acceptors (Lipinski definition) is 2. The van der Waals surface area contributed by atoms with Gasteiger partial charge in [0.05, 0.1) is 5.60 Å². The molecule has 0 aliphatic carbocycles. The Morgan fingerprint density at radius 1 is 1.06 bits per heavy atom. The van der Waals surface area contributed by atoms with Gasteiger partial charge in [-0.3, -0.25) is 0 Å². The highest BCUT2D eigenvalue weighted by molar-refractivity contribution is 9.09. The van der Waals surface area contributed by atoms with E-state index in [0.717, 1.165) is 25.0 Å². The van der Waals surface area contributed by atoms with Crippen LogP contribution < -0.4 is 0 Å². The zero-order valence-corrected chi connectivity index (χ0v) is 13.1. The monoisotopic (exact) mass is 293 g/mol. The Hall–Kier alpha value is 0.400. The molecule has 0 bridgehead atoms. The van der Waals surface area contributed by atoms with Crippen LogP contribution in [0.15, 0.2) is 0 Å². The van der Waals surface area contributed by atoms with Crippen molar-refractivity contribution < 1.29 is 5.11 Å². The Morgan fingerprint density at radius 2 is 1.56 bits per heavy atom. The predicted octanol–water partition coefficient (Wildman–Crippen LogP) is 3.28. The first-order chi connectivity index (χ1) is 7.32. The third kappa shape index (κ3) is 5.65. The SMILES string of the molecule is CCN(CC(C)(C)O)CC(CC)(CC)CBr. The molecule has 0 rings (SSSR count). The van der Waals surface area contributed by atoms with Crippen LogP contribution >= 0.6 is 15.9 Å². The van der Waals surface area contributed by atoms with E-state index in [9.17, 15) is 5.11 Å². The summed E-state index contributed by atoms with van der Waals surface area (Å²) in [5.74, 6) is 0. The molecule has 0 saturated carbocycles. The van der Waals surface area contributed by atoms with Gasteiger partial charge < -0.3 is 10.0 Å². The molecule has 3 heteroatoms. The average molecular weight is 294 g/mol. The van der Waals surface area contributed by atoms with Crippen molar-refractivity contribution >= 4 is 15.9 Å². The number of alkyl halides is 1. The highest BCUT2D eigenvalue weighted by atomic mass is 79.9. The molecule has 0 saturated heterocycles. The summed E-state index contributed by atoms with van der Waals surface area (Å²) in [5.41, 5.74) is -0.253. The van der Waals surface area contributed by atoms with Crippen LogP contribution in [0.5, 0.6) is 0 Å². The van der Waals surface area contributed by atoms with Crippen LogP contribution in [-0.2, 0) is 0 Å². The van der Waals surface area contributed by atoms with E-state index >= 15 is 0 Å². The van der Waals surface area contributed by atoms with E-state index in [-0.39, 0.29) is 0 Å². The summed E-state index contributed by atoms with van der Waals surface area (Å²) < 4.78 is 0. The minimum absolute atomic E-state index is 0.348. The number of nitrogens with zero attached hydrogens (tertiary/aromatic N) is 1. The summed E-state index contributed by atoms with van der Waals surface area (Å²) in [6.45, 7) is 13.2. The van der Waals surface area contributed by atoms with Gasteiger partial charge in [-0.2, -0.15) is 0 Å². The normalized spacial score (nSPS) is 13.5. The van der Waals surface area contributed by atoms with Crippen LogP contribution in [0.3, 0.4) is 0 Å². The summed E-state index contributed by atoms with van der Waals surface area (Å²) in [6.07, 6.45) is 2.36. The average Bonchev–Trinajstić information content (AvgIpc) is 2.23. The van der Waals surface area contributed by atoms with Gasteiger partial charge in [-0.1, -0.05) is 36.7 Å². The molecule has 0 aromatic carbocycles. The molecule has 1 N–H and O–H groups in total. The highest BCUT2D eigenvalue weighted by Gasteiger charge is 2.29. The third-order valence-electron chi connectivity index (χ3n) is 3.40. The highest BCUT2D eigenvalue weighted by Crippen LogP contribution is 2.30. The molecule has 0 amide bonds. The second kappa shape index (κ2) is 6.97. The van der Waals surface area contributed by atoms with E-state index in [1.54, 1.807) is 0 Å². The van der Waals surface area contributed by atoms with Gasteiger partial charge in [0, 0.05) is 18.4 Å². The molecule has 2 nitrogen and oxygen atoms in total. The minimum Gasteiger partial charge on any atom is -0.389 e. The molecule has 0 atom stereocenters. The van der Waals surface area contributed by atoms with Gasteiger partial charge in [-0.25, -0.2) is 0 Å². The molecule has 0 fully saturated rings. The van der Waals surface area contributed by atoms with Crippen molar-refractivity contribution in [3.8, 4) is 0 Å². The van der Waals surface area contributed by atoms with Crippen LogP contribution in [-0.4, -0.2) is 40.6 Å². The molecule has 0 heterocycles. The lowest BCUT2D eigenvalue weighted by atomic mass is 9.84. The summed E-state index contributed by atoms with van der Waals surface area (Å²) in [7, 11) is 0. The van der Waals surface area contributed by atoms with Crippen molar-refractivity contribution in [2.24, 2.45) is 5.41 Å². The van der Waals surface area contributed by atoms with E-state index in [1.165, 1.54) is 12.8 Å². The first kappa shape index (κ1) is 16.4. The second-order valence-corrected chi connectivity index (χ2v) is 6.02. The standard InChI is InChI=1S/C13H28BrNO/c1-6-13(7-2,9-14)11-15(8-3)10-12(4,5)16/h16H,6-11H2,1-5H3. The molecular formula is C13H28BrNO. The van der Waals surface area contributed by atoms with Gasteiger partial charge in [0.2, 0.25) is 0 Å². The first-order valence-corrected chi connectivity index (χ1v) is 7.45. The molecule has 0 aromatic rings. The van der Waals surface area contributed by atoms with Gasteiger partial charge in [0.15, 0.2) is 0 Å². The van der Waals surface area contributed by atoms with Crippen molar-refractivity contribution in [2.75, 3.05) is 25.0 Å². The topological polar surface area (TPSA) is 23.5 Å². The Bertz CT molecular complexity index is 177. The Kier molecular flexibility index (Phi) is 7.15. The third-order valence-corrected chi connectivity index (χ3v) is 4.59. The molecule has 0 radical (unpaired) electrons. The van der Waals surface area contributed by atoms with E-state index in [4.69, 9.17) is 0 Å². The Labute approximate surface area is 110 Å². The zero-order chi connectivity index (χ0) is 12.8. The fourth-order valence-corrected chi connectivity index (χ4v) is 2.98. The maximum Gasteiger partial charge on any atom is 0.0718 e. The number of hydrogen-bond donors (Lipinski definition) is 1. The van der Waals surface area contributed by atoms with Crippen LogP contribution in [0.2, 0.25) is 0 Å². The Morgan fingerprint density at radius 3 is 1.81 bits per heavy atom. The smallest absolute Gasteiger partial charge is 0.0718 e. The fourth-order valence-electron chi connectivity index (χ4n) is 2.01. The lowest BCUT2D eigenvalue weighted by Gasteiger charge is -2.37. The molecule has 98 valence electrons. The van der Waals surface area contributed by atoms with Crippen molar-refractivity contribution in [3.63, 3.8) is 0 Å². The van der Waals surface area contributed by atoms with Crippen LogP contribution in [0.1, 0.15) is 47.5 Å². The van der Waals surface area contributed by atoms with Gasteiger partial charge in [-0.05, 0) is 38.6 Å². The van der Waals surface area contributed by atoms with Crippen LogP contribution in [0.4, 0.5) is 0 Å². The van der Waals surface area contributed by atoms with Gasteiger partial charge in [0.25, 0.3) is 0 Å². The molecular weight excluding hydrogens is 266 g/mol. The molecule has 16 heavy (non-hydrogen) atoms. The second-order valence-electron chi connectivity index (χ2n) is 5.46. The molecule has 0 unspecified atom stereocenters. The van der Waals surface area contributed by atoms with E-state index in [0.29, 0.717) is 5.41 Å². The molecule has 0 aromatic heterocycles. The van der Waals surface area contributed by atoms with Crippen molar-refractivity contribution in [3.05, 3.63) is 0 Å². The summed E-state index contributed by atoms with van der Waals surface area (Å²) in [6, 6.07) is 0. The van der Waals surface area contributed by atoms with Gasteiger partial charge in [0.1, 0.15) is 0 Å². The number of aliphatic hydroxyl groups is 1. The van der Waals surface area contributed by atoms with Crippen LogP contribution in [0.25, 0.3) is 0 Å². The number of rotatable bonds is 8. The lowest BCUT2D eigenvalue weighted by Crippen LogP contribution is -2.45. The fraction of sp³-hybridized carbons (Fsp3) is 1.00. The summed E-state index contributed by atoms with van der Waals surface area (Å²) in [4.78, 5) is 2.36. The maximum absolute atomic E-state index is 9.88. The van der Waals surface area contributed by atoms with Crippen molar-refractivity contribution in [2.45, 2.75) is 53.1 Å². The largest absolute Gasteiger partial charge is 0.389 e. The first-order valence-electron chi connectivity index (χ1n) is 6.33. The molecule has 0 aliphatic heterocycles. The summed E-state index contributed by atoms with van der Waals surface area (Å²) in [5, 5.41) is 10.9. The zero-order valence-electron chi connectivity index (χ0n) is 11.5. The van der Waals surface area contributed by atoms with E-state index in [1.807, 2.05) is 13.8 Å². The Balaban J connectivity index is 4.50. The minimum atomic E-state index is -0.602. The molecule has 0 aliphatic rings. The maximum atomic E-state index is 9.88. The summed E-state index contributed by atoms with van der Waals surface area (Å²) >= 11 is 3.64. The van der Waals surface area contributed by atoms with Crippen molar-refractivity contribution in [1.29, 1.82) is 0 Å². The predicted molar refractivity (Wildman–Crippen MR) is 75.2 cm³/mol.